The molecule has 0 radical (unpaired) electrons. The van der Waals surface area contributed by atoms with Crippen LogP contribution < -0.4 is 10.5 Å². The molecule has 0 atom stereocenters. The van der Waals surface area contributed by atoms with E-state index in [1.54, 1.807) is 13.0 Å². The molecule has 6 heteroatoms. The van der Waals surface area contributed by atoms with Gasteiger partial charge in [0.05, 0.1) is 16.1 Å². The van der Waals surface area contributed by atoms with Crippen molar-refractivity contribution in [3.05, 3.63) is 48.5 Å². The number of hydrogen-bond donors (Lipinski definition) is 3. The van der Waals surface area contributed by atoms with Gasteiger partial charge >= 0.3 is 0 Å². The van der Waals surface area contributed by atoms with Crippen molar-refractivity contribution in [1.29, 1.82) is 0 Å². The van der Waals surface area contributed by atoms with Crippen LogP contribution >= 0.6 is 0 Å². The number of nitrogens with two attached hydrogens (primary N) is 1. The van der Waals surface area contributed by atoms with Crippen molar-refractivity contribution >= 4 is 26.6 Å². The molecule has 5 nitrogen and oxygen atoms in total. The predicted molar refractivity (Wildman–Crippen MR) is 89.0 cm³/mol. The Morgan fingerprint density at radius 1 is 1.14 bits per heavy atom. The van der Waals surface area contributed by atoms with E-state index in [0.717, 1.165) is 22.2 Å². The average Bonchev–Trinajstić information content (AvgIpc) is 2.93. The summed E-state index contributed by atoms with van der Waals surface area (Å²) in [6.45, 7) is 2.08. The number of aromatic nitrogens is 1. The first-order valence-electron chi connectivity index (χ1n) is 6.98. The quantitative estimate of drug-likeness (QED) is 0.647. The SMILES string of the molecule is CCNS(=O)(=O)c1cc(N)c2[nH]c(-c3ccccc3)cc2c1. The molecule has 0 unspecified atom stereocenters. The lowest BCUT2D eigenvalue weighted by atomic mass is 10.1. The van der Waals surface area contributed by atoms with Gasteiger partial charge in [-0.15, -0.1) is 0 Å². The van der Waals surface area contributed by atoms with Crippen molar-refractivity contribution < 1.29 is 8.42 Å². The van der Waals surface area contributed by atoms with E-state index in [1.165, 1.54) is 6.07 Å². The molecule has 114 valence electrons. The lowest BCUT2D eigenvalue weighted by molar-refractivity contribution is 0.584. The summed E-state index contributed by atoms with van der Waals surface area (Å²) in [5.74, 6) is 0. The highest BCUT2D eigenvalue weighted by Crippen LogP contribution is 2.30. The van der Waals surface area contributed by atoms with Crippen LogP contribution in [0.4, 0.5) is 5.69 Å². The molecule has 1 aromatic heterocycles. The lowest BCUT2D eigenvalue weighted by Crippen LogP contribution is -2.23. The Kier molecular flexibility index (Phi) is 3.64. The molecule has 22 heavy (non-hydrogen) atoms. The van der Waals surface area contributed by atoms with Crippen molar-refractivity contribution in [1.82, 2.24) is 9.71 Å². The maximum atomic E-state index is 12.1. The maximum Gasteiger partial charge on any atom is 0.240 e. The Labute approximate surface area is 129 Å². The molecule has 0 saturated carbocycles. The molecule has 3 aromatic rings. The Hall–Kier alpha value is -2.31. The van der Waals surface area contributed by atoms with Crippen LogP contribution in [-0.4, -0.2) is 19.9 Å². The van der Waals surface area contributed by atoms with Crippen LogP contribution in [0.2, 0.25) is 0 Å². The summed E-state index contributed by atoms with van der Waals surface area (Å²) in [5.41, 5.74) is 9.10. The molecule has 0 bridgehead atoms. The number of fused-ring (bicyclic) bond motifs is 1. The van der Waals surface area contributed by atoms with Gasteiger partial charge < -0.3 is 10.7 Å². The van der Waals surface area contributed by atoms with Crippen LogP contribution in [-0.2, 0) is 10.0 Å². The number of rotatable bonds is 4. The van der Waals surface area contributed by atoms with Crippen LogP contribution in [0.3, 0.4) is 0 Å². The fraction of sp³-hybridized carbons (Fsp3) is 0.125. The van der Waals surface area contributed by atoms with Gasteiger partial charge in [0.2, 0.25) is 10.0 Å². The number of nitrogens with one attached hydrogen (secondary N) is 2. The number of hydrogen-bond acceptors (Lipinski definition) is 3. The van der Waals surface area contributed by atoms with E-state index < -0.39 is 10.0 Å². The van der Waals surface area contributed by atoms with Crippen LogP contribution in [0.5, 0.6) is 0 Å². The van der Waals surface area contributed by atoms with Gasteiger partial charge in [-0.2, -0.15) is 0 Å². The number of nitrogen functional groups attached to an aromatic ring is 1. The third-order valence-corrected chi connectivity index (χ3v) is 4.99. The van der Waals surface area contributed by atoms with Crippen LogP contribution in [0.1, 0.15) is 6.92 Å². The largest absolute Gasteiger partial charge is 0.397 e. The highest BCUT2D eigenvalue weighted by Gasteiger charge is 2.16. The molecular formula is C16H17N3O2S. The minimum absolute atomic E-state index is 0.179. The van der Waals surface area contributed by atoms with Gasteiger partial charge in [-0.25, -0.2) is 13.1 Å². The topological polar surface area (TPSA) is 88.0 Å². The normalized spacial score (nSPS) is 11.9. The smallest absolute Gasteiger partial charge is 0.240 e. The minimum Gasteiger partial charge on any atom is -0.397 e. The molecule has 0 saturated heterocycles. The number of anilines is 1. The number of H-pyrrole nitrogens is 1. The van der Waals surface area contributed by atoms with Gasteiger partial charge in [0, 0.05) is 17.6 Å². The summed E-state index contributed by atoms with van der Waals surface area (Å²) in [6.07, 6.45) is 0. The van der Waals surface area contributed by atoms with E-state index in [0.29, 0.717) is 12.2 Å². The fourth-order valence-electron chi connectivity index (χ4n) is 2.45. The zero-order chi connectivity index (χ0) is 15.7. The van der Waals surface area contributed by atoms with Crippen LogP contribution in [0, 0.1) is 0 Å². The monoisotopic (exact) mass is 315 g/mol. The molecule has 4 N–H and O–H groups in total. The molecule has 0 amide bonds. The Bertz CT molecular complexity index is 915. The van der Waals surface area contributed by atoms with Crippen LogP contribution in [0.15, 0.2) is 53.4 Å². The van der Waals surface area contributed by atoms with Gasteiger partial charge in [-0.3, -0.25) is 0 Å². The predicted octanol–water partition coefficient (Wildman–Crippen LogP) is 2.72. The second-order valence-corrected chi connectivity index (χ2v) is 6.79. The molecule has 0 fully saturated rings. The summed E-state index contributed by atoms with van der Waals surface area (Å²) in [5, 5.41) is 0.773. The number of aromatic amines is 1. The number of benzene rings is 2. The second kappa shape index (κ2) is 5.47. The summed E-state index contributed by atoms with van der Waals surface area (Å²) in [6, 6.07) is 14.8. The van der Waals surface area contributed by atoms with Crippen molar-refractivity contribution in [3.8, 4) is 11.3 Å². The van der Waals surface area contributed by atoms with Crippen molar-refractivity contribution in [3.63, 3.8) is 0 Å². The van der Waals surface area contributed by atoms with Crippen LogP contribution in [0.25, 0.3) is 22.2 Å². The summed E-state index contributed by atoms with van der Waals surface area (Å²) in [4.78, 5) is 3.43. The van der Waals surface area contributed by atoms with E-state index in [-0.39, 0.29) is 4.90 Å². The highest BCUT2D eigenvalue weighted by molar-refractivity contribution is 7.89. The van der Waals surface area contributed by atoms with Crippen molar-refractivity contribution in [2.24, 2.45) is 0 Å². The first kappa shape index (κ1) is 14.6. The van der Waals surface area contributed by atoms with E-state index in [4.69, 9.17) is 5.73 Å². The van der Waals surface area contributed by atoms with Gasteiger partial charge in [0.1, 0.15) is 0 Å². The summed E-state index contributed by atoms with van der Waals surface area (Å²) >= 11 is 0. The maximum absolute atomic E-state index is 12.1. The molecule has 0 aliphatic rings. The summed E-state index contributed by atoms with van der Waals surface area (Å²) in [7, 11) is -3.52. The molecule has 0 aliphatic heterocycles. The molecule has 1 heterocycles. The van der Waals surface area contributed by atoms with E-state index in [1.807, 2.05) is 36.4 Å². The van der Waals surface area contributed by atoms with E-state index in [2.05, 4.69) is 9.71 Å². The summed E-state index contributed by atoms with van der Waals surface area (Å²) < 4.78 is 26.7. The first-order valence-corrected chi connectivity index (χ1v) is 8.47. The third kappa shape index (κ3) is 2.58. The van der Waals surface area contributed by atoms with Gasteiger partial charge in [0.15, 0.2) is 0 Å². The molecule has 3 rings (SSSR count). The first-order chi connectivity index (χ1) is 10.5. The zero-order valence-electron chi connectivity index (χ0n) is 12.1. The lowest BCUT2D eigenvalue weighted by Gasteiger charge is -2.06. The van der Waals surface area contributed by atoms with Gasteiger partial charge in [-0.05, 0) is 23.8 Å². The average molecular weight is 315 g/mol. The number of sulfonamides is 1. The second-order valence-electron chi connectivity index (χ2n) is 5.03. The fourth-order valence-corrected chi connectivity index (χ4v) is 3.56. The van der Waals surface area contributed by atoms with E-state index in [9.17, 15) is 8.42 Å². The Balaban J connectivity index is 2.15. The minimum atomic E-state index is -3.52. The molecule has 2 aromatic carbocycles. The standard InChI is InChI=1S/C16H17N3O2S/c1-2-18-22(20,21)13-8-12-9-15(11-6-4-3-5-7-11)19-16(12)14(17)10-13/h3-10,18-19H,2,17H2,1H3. The molecule has 0 spiro atoms. The molecular weight excluding hydrogens is 298 g/mol. The van der Waals surface area contributed by atoms with Crippen molar-refractivity contribution in [2.75, 3.05) is 12.3 Å². The highest BCUT2D eigenvalue weighted by atomic mass is 32.2. The Morgan fingerprint density at radius 3 is 2.55 bits per heavy atom. The Morgan fingerprint density at radius 2 is 1.86 bits per heavy atom. The van der Waals surface area contributed by atoms with E-state index >= 15 is 0 Å². The van der Waals surface area contributed by atoms with Gasteiger partial charge in [-0.1, -0.05) is 37.3 Å². The van der Waals surface area contributed by atoms with Gasteiger partial charge in [0.25, 0.3) is 0 Å². The third-order valence-electron chi connectivity index (χ3n) is 3.46. The molecule has 0 aliphatic carbocycles. The zero-order valence-corrected chi connectivity index (χ0v) is 12.9. The van der Waals surface area contributed by atoms with Crippen molar-refractivity contribution in [2.45, 2.75) is 11.8 Å².